The maximum Gasteiger partial charge on any atom is 0.453 e. The highest BCUT2D eigenvalue weighted by atomic mass is 32.2. The van der Waals surface area contributed by atoms with E-state index in [-0.39, 0.29) is 22.3 Å². The molecule has 9 nitrogen and oxygen atoms in total. The van der Waals surface area contributed by atoms with Gasteiger partial charge >= 0.3 is 6.18 Å². The zero-order chi connectivity index (χ0) is 24.8. The van der Waals surface area contributed by atoms with Crippen molar-refractivity contribution in [2.45, 2.75) is 17.1 Å². The molecule has 180 valence electrons. The summed E-state index contributed by atoms with van der Waals surface area (Å²) in [4.78, 5) is 3.67. The summed E-state index contributed by atoms with van der Waals surface area (Å²) < 4.78 is 71.9. The first-order valence-corrected chi connectivity index (χ1v) is 11.3. The van der Waals surface area contributed by atoms with Crippen LogP contribution in [0.2, 0.25) is 0 Å². The Morgan fingerprint density at radius 3 is 2.41 bits per heavy atom. The van der Waals surface area contributed by atoms with Crippen LogP contribution in [0.3, 0.4) is 0 Å². The number of methoxy groups -OCH3 is 1. The third-order valence-corrected chi connectivity index (χ3v) is 7.04. The van der Waals surface area contributed by atoms with E-state index >= 15 is 0 Å². The highest BCUT2D eigenvalue weighted by Gasteiger charge is 2.39. The Bertz CT molecular complexity index is 1370. The molecule has 0 aliphatic carbocycles. The minimum Gasteiger partial charge on any atom is -0.504 e. The number of anilines is 1. The Morgan fingerprint density at radius 2 is 1.82 bits per heavy atom. The first kappa shape index (κ1) is 23.6. The fourth-order valence-corrected chi connectivity index (χ4v) is 4.32. The lowest BCUT2D eigenvalue weighted by atomic mass is 10.0. The average molecular weight is 495 g/mol. The van der Waals surface area contributed by atoms with E-state index in [0.29, 0.717) is 16.8 Å². The Labute approximate surface area is 193 Å². The Morgan fingerprint density at radius 1 is 1.15 bits per heavy atom. The van der Waals surface area contributed by atoms with Gasteiger partial charge in [-0.2, -0.15) is 18.2 Å². The molecule has 13 heteroatoms. The van der Waals surface area contributed by atoms with Crippen LogP contribution >= 0.6 is 0 Å². The minimum atomic E-state index is -4.76. The number of nitrogens with one attached hydrogen (secondary N) is 1. The lowest BCUT2D eigenvalue weighted by Crippen LogP contribution is -2.22. The van der Waals surface area contributed by atoms with Gasteiger partial charge in [-0.05, 0) is 41.5 Å². The zero-order valence-electron chi connectivity index (χ0n) is 18.2. The summed E-state index contributed by atoms with van der Waals surface area (Å²) >= 11 is 0. The molecule has 1 aromatic heterocycles. The molecule has 4 rings (SSSR count). The number of phenolic OH excluding ortho intramolecular Hbond substituents is 1. The monoisotopic (exact) mass is 495 g/mol. The van der Waals surface area contributed by atoms with Gasteiger partial charge in [0.05, 0.1) is 12.0 Å². The quantitative estimate of drug-likeness (QED) is 0.559. The molecular formula is C21H20F3N5O4S. The molecule has 1 aliphatic heterocycles. The van der Waals surface area contributed by atoms with E-state index < -0.39 is 28.1 Å². The van der Waals surface area contributed by atoms with Gasteiger partial charge in [-0.1, -0.05) is 18.2 Å². The molecule has 0 spiro atoms. The van der Waals surface area contributed by atoms with Gasteiger partial charge in [-0.3, -0.25) is 0 Å². The van der Waals surface area contributed by atoms with E-state index in [2.05, 4.69) is 15.4 Å². The molecule has 3 aromatic rings. The van der Waals surface area contributed by atoms with Gasteiger partial charge in [-0.15, -0.1) is 5.10 Å². The number of sulfonamides is 1. The van der Waals surface area contributed by atoms with Crippen molar-refractivity contribution in [2.75, 3.05) is 26.5 Å². The summed E-state index contributed by atoms with van der Waals surface area (Å²) in [5.41, 5.74) is 1.41. The summed E-state index contributed by atoms with van der Waals surface area (Å²) in [5.74, 6) is -1.45. The maximum absolute atomic E-state index is 13.3. The van der Waals surface area contributed by atoms with Crippen molar-refractivity contribution in [3.05, 3.63) is 65.5 Å². The molecule has 2 aromatic carbocycles. The summed E-state index contributed by atoms with van der Waals surface area (Å²) in [7, 11) is 0.534. The van der Waals surface area contributed by atoms with Gasteiger partial charge < -0.3 is 15.2 Å². The van der Waals surface area contributed by atoms with Crippen molar-refractivity contribution in [2.24, 2.45) is 0 Å². The first-order valence-electron chi connectivity index (χ1n) is 9.84. The normalized spacial score (nSPS) is 16.1. The fourth-order valence-electron chi connectivity index (χ4n) is 3.41. The van der Waals surface area contributed by atoms with Crippen LogP contribution in [0, 0.1) is 0 Å². The lowest BCUT2D eigenvalue weighted by Gasteiger charge is -2.25. The van der Waals surface area contributed by atoms with E-state index in [4.69, 9.17) is 4.74 Å². The molecule has 2 heterocycles. The number of hydrogen-bond acceptors (Lipinski definition) is 7. The first-order chi connectivity index (χ1) is 15.9. The number of alkyl halides is 3. The summed E-state index contributed by atoms with van der Waals surface area (Å²) in [6.07, 6.45) is -3.13. The smallest absolute Gasteiger partial charge is 0.453 e. The maximum atomic E-state index is 13.3. The second-order valence-electron chi connectivity index (χ2n) is 7.59. The van der Waals surface area contributed by atoms with E-state index in [1.165, 1.54) is 51.5 Å². The standard InChI is InChI=1S/C21H20F3N5O4S/c1-28(2)34(31,32)14-7-4-12(5-8-14)15-11-16(13-6-9-17(30)18(10-13)33-3)29-20(25-15)26-19(27-29)21(22,23)24/h4-11,16,30H,1-3H3,(H,25,26,27)/t16-/m0/s1. The number of fused-ring (bicyclic) bond motifs is 1. The molecule has 0 amide bonds. The number of phenols is 1. The third kappa shape index (κ3) is 4.19. The highest BCUT2D eigenvalue weighted by Crippen LogP contribution is 2.38. The molecule has 0 radical (unpaired) electrons. The number of ether oxygens (including phenoxy) is 1. The number of rotatable bonds is 5. The minimum absolute atomic E-state index is 0.0694. The van der Waals surface area contributed by atoms with Crippen LogP contribution in [0.15, 0.2) is 53.4 Å². The molecule has 0 saturated carbocycles. The number of allylic oxidation sites excluding steroid dienone is 1. The van der Waals surface area contributed by atoms with E-state index in [1.54, 1.807) is 18.2 Å². The van der Waals surface area contributed by atoms with Gasteiger partial charge in [0.1, 0.15) is 6.04 Å². The number of aromatic nitrogens is 3. The van der Waals surface area contributed by atoms with Crippen molar-refractivity contribution in [1.29, 1.82) is 0 Å². The lowest BCUT2D eigenvalue weighted by molar-refractivity contribution is -0.145. The van der Waals surface area contributed by atoms with E-state index in [0.717, 1.165) is 8.99 Å². The highest BCUT2D eigenvalue weighted by molar-refractivity contribution is 7.89. The van der Waals surface area contributed by atoms with Crippen LogP contribution in [0.25, 0.3) is 5.70 Å². The number of aromatic hydroxyl groups is 1. The third-order valence-electron chi connectivity index (χ3n) is 5.21. The second kappa shape index (κ2) is 8.33. The van der Waals surface area contributed by atoms with Gasteiger partial charge in [0.2, 0.25) is 16.0 Å². The predicted molar refractivity (Wildman–Crippen MR) is 117 cm³/mol. The molecular weight excluding hydrogens is 475 g/mol. The van der Waals surface area contributed by atoms with Crippen LogP contribution in [0.5, 0.6) is 11.5 Å². The zero-order valence-corrected chi connectivity index (χ0v) is 19.0. The molecule has 0 bridgehead atoms. The van der Waals surface area contributed by atoms with Crippen molar-refractivity contribution < 1.29 is 31.4 Å². The van der Waals surface area contributed by atoms with Gasteiger partial charge in [0, 0.05) is 19.8 Å². The van der Waals surface area contributed by atoms with E-state index in [1.807, 2.05) is 0 Å². The average Bonchev–Trinajstić information content (AvgIpc) is 3.24. The molecule has 1 atom stereocenters. The largest absolute Gasteiger partial charge is 0.504 e. The van der Waals surface area contributed by atoms with Crippen molar-refractivity contribution >= 4 is 21.7 Å². The van der Waals surface area contributed by atoms with Gasteiger partial charge in [0.25, 0.3) is 5.82 Å². The number of hydrogen-bond donors (Lipinski definition) is 2. The Kier molecular flexibility index (Phi) is 5.77. The van der Waals surface area contributed by atoms with Crippen LogP contribution in [-0.2, 0) is 16.2 Å². The van der Waals surface area contributed by atoms with E-state index in [9.17, 15) is 26.7 Å². The molecule has 2 N–H and O–H groups in total. The van der Waals surface area contributed by atoms with Crippen molar-refractivity contribution in [3.8, 4) is 11.5 Å². The van der Waals surface area contributed by atoms with Gasteiger partial charge in [-0.25, -0.2) is 17.4 Å². The summed E-state index contributed by atoms with van der Waals surface area (Å²) in [6, 6.07) is 9.47. The Hall–Kier alpha value is -3.58. The number of halogens is 3. The molecule has 0 saturated heterocycles. The second-order valence-corrected chi connectivity index (χ2v) is 9.75. The van der Waals surface area contributed by atoms with Crippen LogP contribution in [0.1, 0.15) is 23.0 Å². The SMILES string of the molecule is COc1cc([C@@H]2C=C(c3ccc(S(=O)(=O)N(C)C)cc3)Nc3nc(C(F)(F)F)nn32)ccc1O. The Balaban J connectivity index is 1.81. The molecule has 1 aliphatic rings. The topological polar surface area (TPSA) is 110 Å². The predicted octanol–water partition coefficient (Wildman–Crippen LogP) is 3.32. The van der Waals surface area contributed by atoms with Crippen LogP contribution in [0.4, 0.5) is 19.1 Å². The summed E-state index contributed by atoms with van der Waals surface area (Å²) in [5, 5.41) is 16.4. The number of nitrogens with zero attached hydrogens (tertiary/aromatic N) is 4. The summed E-state index contributed by atoms with van der Waals surface area (Å²) in [6.45, 7) is 0. The number of benzene rings is 2. The molecule has 34 heavy (non-hydrogen) atoms. The van der Waals surface area contributed by atoms with Crippen molar-refractivity contribution in [1.82, 2.24) is 19.1 Å². The molecule has 0 fully saturated rings. The van der Waals surface area contributed by atoms with Crippen LogP contribution in [-0.4, -0.2) is 53.8 Å². The fraction of sp³-hybridized carbons (Fsp3) is 0.238. The van der Waals surface area contributed by atoms with Crippen molar-refractivity contribution in [3.63, 3.8) is 0 Å². The van der Waals surface area contributed by atoms with Crippen LogP contribution < -0.4 is 10.1 Å². The molecule has 0 unspecified atom stereocenters. The van der Waals surface area contributed by atoms with Gasteiger partial charge in [0.15, 0.2) is 11.5 Å².